The average Bonchev–Trinajstić information content (AvgIpc) is 2.80. The largest absolute Gasteiger partial charge is 0.456 e. The summed E-state index contributed by atoms with van der Waals surface area (Å²) in [5, 5.41) is 2.86. The Kier molecular flexibility index (Phi) is 2.78. The van der Waals surface area contributed by atoms with Gasteiger partial charge in [0.2, 0.25) is 0 Å². The number of urea groups is 1. The number of cyclic esters (lactones) is 1. The second kappa shape index (κ2) is 4.37. The second-order valence-corrected chi connectivity index (χ2v) is 5.22. The van der Waals surface area contributed by atoms with Gasteiger partial charge >= 0.3 is 12.0 Å². The summed E-state index contributed by atoms with van der Waals surface area (Å²) in [6.07, 6.45) is 0. The number of hydrogen-bond donors (Lipinski definition) is 1. The molecule has 2 heterocycles. The van der Waals surface area contributed by atoms with Crippen molar-refractivity contribution in [2.45, 2.75) is 19.9 Å². The van der Waals surface area contributed by atoms with E-state index in [1.165, 1.54) is 10.5 Å². The van der Waals surface area contributed by atoms with Crippen LogP contribution in [0.25, 0.3) is 0 Å². The summed E-state index contributed by atoms with van der Waals surface area (Å²) in [6.45, 7) is 4.21. The van der Waals surface area contributed by atoms with Crippen LogP contribution in [-0.4, -0.2) is 30.6 Å². The molecule has 0 aliphatic carbocycles. The van der Waals surface area contributed by atoms with E-state index in [1.807, 2.05) is 32.0 Å². The maximum atomic E-state index is 12.0. The summed E-state index contributed by atoms with van der Waals surface area (Å²) in [5.41, 5.74) is 4.40. The molecule has 20 heavy (non-hydrogen) atoms. The minimum Gasteiger partial charge on any atom is -0.456 e. The monoisotopic (exact) mass is 272 g/mol. The number of nitrogens with zero attached hydrogens (tertiary/aromatic N) is 1. The predicted octanol–water partition coefficient (Wildman–Crippen LogP) is 1.81. The summed E-state index contributed by atoms with van der Waals surface area (Å²) in [6, 6.07) is 5.29. The maximum Gasteiger partial charge on any atom is 0.338 e. The fourth-order valence-corrected chi connectivity index (χ4v) is 2.58. The van der Waals surface area contributed by atoms with Gasteiger partial charge in [0.05, 0.1) is 17.3 Å². The number of esters is 1. The lowest BCUT2D eigenvalue weighted by Crippen LogP contribution is -2.45. The van der Waals surface area contributed by atoms with Gasteiger partial charge in [-0.25, -0.2) is 9.59 Å². The highest BCUT2D eigenvalue weighted by Gasteiger charge is 2.40. The molecule has 0 aromatic heterocycles. The van der Waals surface area contributed by atoms with Crippen molar-refractivity contribution in [3.63, 3.8) is 0 Å². The molecule has 1 aromatic rings. The van der Waals surface area contributed by atoms with Crippen LogP contribution >= 0.6 is 0 Å². The third-order valence-corrected chi connectivity index (χ3v) is 4.00. The summed E-state index contributed by atoms with van der Waals surface area (Å²) in [5.74, 6) is -0.352. The highest BCUT2D eigenvalue weighted by Crippen LogP contribution is 2.34. The van der Waals surface area contributed by atoms with Gasteiger partial charge in [0.25, 0.3) is 0 Å². The Morgan fingerprint density at radius 2 is 2.00 bits per heavy atom. The number of benzene rings is 1. The van der Waals surface area contributed by atoms with E-state index in [9.17, 15) is 9.59 Å². The van der Waals surface area contributed by atoms with Crippen LogP contribution in [0.3, 0.4) is 0 Å². The van der Waals surface area contributed by atoms with Gasteiger partial charge in [-0.1, -0.05) is 18.2 Å². The fourth-order valence-electron chi connectivity index (χ4n) is 2.58. The van der Waals surface area contributed by atoms with E-state index >= 15 is 0 Å². The molecular formula is C15H16N2O3. The Morgan fingerprint density at radius 1 is 1.25 bits per heavy atom. The van der Waals surface area contributed by atoms with Crippen LogP contribution < -0.4 is 5.32 Å². The van der Waals surface area contributed by atoms with Crippen molar-refractivity contribution < 1.29 is 14.3 Å². The van der Waals surface area contributed by atoms with E-state index < -0.39 is 6.04 Å². The fraction of sp³-hybridized carbons (Fsp3) is 0.333. The van der Waals surface area contributed by atoms with E-state index in [0.29, 0.717) is 11.3 Å². The molecule has 5 nitrogen and oxygen atoms in total. The summed E-state index contributed by atoms with van der Waals surface area (Å²) in [7, 11) is 1.64. The quantitative estimate of drug-likeness (QED) is 0.793. The molecule has 5 heteroatoms. The number of ether oxygens (including phenoxy) is 1. The molecule has 2 aliphatic heterocycles. The standard InChI is InChI=1S/C15H16N2O3/c1-8-4-5-10(6-9(8)2)13-12-11(7-20-14(12)18)17(3)15(19)16-13/h4-6,13H,7H2,1-3H3,(H,16,19). The lowest BCUT2D eigenvalue weighted by molar-refractivity contribution is -0.136. The zero-order valence-electron chi connectivity index (χ0n) is 11.7. The smallest absolute Gasteiger partial charge is 0.338 e. The van der Waals surface area contributed by atoms with Gasteiger partial charge in [0, 0.05) is 7.05 Å². The molecule has 0 fully saturated rings. The molecule has 104 valence electrons. The van der Waals surface area contributed by atoms with Gasteiger partial charge in [0.1, 0.15) is 6.61 Å². The summed E-state index contributed by atoms with van der Waals surface area (Å²) < 4.78 is 5.08. The Balaban J connectivity index is 2.10. The molecule has 0 radical (unpaired) electrons. The zero-order chi connectivity index (χ0) is 14.4. The Labute approximate surface area is 117 Å². The van der Waals surface area contributed by atoms with Crippen molar-refractivity contribution in [1.82, 2.24) is 10.2 Å². The average molecular weight is 272 g/mol. The number of carbonyl (C=O) groups excluding carboxylic acids is 2. The Hall–Kier alpha value is -2.30. The molecular weight excluding hydrogens is 256 g/mol. The van der Waals surface area contributed by atoms with Crippen molar-refractivity contribution in [2.75, 3.05) is 13.7 Å². The van der Waals surface area contributed by atoms with Crippen LogP contribution in [0.4, 0.5) is 4.79 Å². The molecule has 1 aromatic carbocycles. The highest BCUT2D eigenvalue weighted by atomic mass is 16.5. The maximum absolute atomic E-state index is 12.0. The van der Waals surface area contributed by atoms with Crippen LogP contribution in [0, 0.1) is 13.8 Å². The first-order valence-electron chi connectivity index (χ1n) is 6.50. The first kappa shape index (κ1) is 12.7. The SMILES string of the molecule is Cc1ccc(C2NC(=O)N(C)C3=C2C(=O)OC3)cc1C. The van der Waals surface area contributed by atoms with E-state index in [2.05, 4.69) is 5.32 Å². The molecule has 1 N–H and O–H groups in total. The number of aryl methyl sites for hydroxylation is 2. The molecule has 3 rings (SSSR count). The molecule has 0 spiro atoms. The molecule has 1 unspecified atom stereocenters. The molecule has 1 atom stereocenters. The second-order valence-electron chi connectivity index (χ2n) is 5.22. The zero-order valence-corrected chi connectivity index (χ0v) is 11.7. The molecule has 0 saturated heterocycles. The topological polar surface area (TPSA) is 58.6 Å². The number of hydrogen-bond acceptors (Lipinski definition) is 3. The van der Waals surface area contributed by atoms with Crippen LogP contribution in [0.5, 0.6) is 0 Å². The minimum absolute atomic E-state index is 0.166. The van der Waals surface area contributed by atoms with Crippen molar-refractivity contribution in [3.05, 3.63) is 46.2 Å². The van der Waals surface area contributed by atoms with Gasteiger partial charge in [0.15, 0.2) is 0 Å². The predicted molar refractivity (Wildman–Crippen MR) is 72.9 cm³/mol. The van der Waals surface area contributed by atoms with Crippen LogP contribution in [0.15, 0.2) is 29.5 Å². The van der Waals surface area contributed by atoms with E-state index in [-0.39, 0.29) is 18.6 Å². The van der Waals surface area contributed by atoms with Crippen molar-refractivity contribution >= 4 is 12.0 Å². The first-order valence-corrected chi connectivity index (χ1v) is 6.50. The van der Waals surface area contributed by atoms with E-state index in [4.69, 9.17) is 4.74 Å². The van der Waals surface area contributed by atoms with Gasteiger partial charge < -0.3 is 10.1 Å². The van der Waals surface area contributed by atoms with E-state index in [0.717, 1.165) is 11.1 Å². The Bertz CT molecular complexity index is 649. The third kappa shape index (κ3) is 1.78. The van der Waals surface area contributed by atoms with Crippen molar-refractivity contribution in [1.29, 1.82) is 0 Å². The molecule has 0 saturated carbocycles. The van der Waals surface area contributed by atoms with E-state index in [1.54, 1.807) is 7.05 Å². The number of nitrogens with one attached hydrogen (secondary N) is 1. The third-order valence-electron chi connectivity index (χ3n) is 4.00. The van der Waals surface area contributed by atoms with Crippen molar-refractivity contribution in [3.8, 4) is 0 Å². The number of carbonyl (C=O) groups is 2. The van der Waals surface area contributed by atoms with Gasteiger partial charge in [-0.05, 0) is 30.5 Å². The van der Waals surface area contributed by atoms with Crippen LogP contribution in [0.1, 0.15) is 22.7 Å². The number of amides is 2. The minimum atomic E-state index is -0.428. The molecule has 2 amide bonds. The van der Waals surface area contributed by atoms with Gasteiger partial charge in [-0.2, -0.15) is 0 Å². The lowest BCUT2D eigenvalue weighted by Gasteiger charge is -2.30. The normalized spacial score (nSPS) is 21.8. The van der Waals surface area contributed by atoms with Crippen LogP contribution in [-0.2, 0) is 9.53 Å². The number of rotatable bonds is 1. The first-order chi connectivity index (χ1) is 9.49. The molecule has 0 bridgehead atoms. The number of likely N-dealkylation sites (N-methyl/N-ethyl adjacent to an activating group) is 1. The molecule has 2 aliphatic rings. The van der Waals surface area contributed by atoms with Gasteiger partial charge in [-0.15, -0.1) is 0 Å². The highest BCUT2D eigenvalue weighted by molar-refractivity contribution is 5.97. The Morgan fingerprint density at radius 3 is 2.70 bits per heavy atom. The van der Waals surface area contributed by atoms with Crippen molar-refractivity contribution in [2.24, 2.45) is 0 Å². The lowest BCUT2D eigenvalue weighted by atomic mass is 9.93. The summed E-state index contributed by atoms with van der Waals surface area (Å²) in [4.78, 5) is 25.4. The summed E-state index contributed by atoms with van der Waals surface area (Å²) >= 11 is 0. The van der Waals surface area contributed by atoms with Gasteiger partial charge in [-0.3, -0.25) is 4.90 Å². The van der Waals surface area contributed by atoms with Crippen LogP contribution in [0.2, 0.25) is 0 Å².